The number of benzene rings is 1. The molecule has 4 rings (SSSR count). The Morgan fingerprint density at radius 3 is 2.72 bits per heavy atom. The summed E-state index contributed by atoms with van der Waals surface area (Å²) in [5.74, 6) is 1.23. The zero-order valence-electron chi connectivity index (χ0n) is 17.1. The van der Waals surface area contributed by atoms with Gasteiger partial charge in [0.25, 0.3) is 0 Å². The molecule has 1 aromatic carbocycles. The van der Waals surface area contributed by atoms with Gasteiger partial charge < -0.3 is 9.88 Å². The van der Waals surface area contributed by atoms with Crippen molar-refractivity contribution in [2.45, 2.75) is 58.2 Å². The van der Waals surface area contributed by atoms with Crippen LogP contribution in [0.4, 0.5) is 5.69 Å². The van der Waals surface area contributed by atoms with Gasteiger partial charge in [0.1, 0.15) is 0 Å². The Labute approximate surface area is 179 Å². The van der Waals surface area contributed by atoms with Crippen molar-refractivity contribution in [3.63, 3.8) is 0 Å². The van der Waals surface area contributed by atoms with Crippen LogP contribution >= 0.6 is 23.1 Å². The zero-order valence-corrected chi connectivity index (χ0v) is 18.8. The quantitative estimate of drug-likeness (QED) is 0.547. The van der Waals surface area contributed by atoms with E-state index in [-0.39, 0.29) is 5.91 Å². The van der Waals surface area contributed by atoms with Crippen molar-refractivity contribution in [3.05, 3.63) is 45.1 Å². The molecule has 0 fully saturated rings. The van der Waals surface area contributed by atoms with Crippen LogP contribution in [-0.2, 0) is 24.2 Å². The van der Waals surface area contributed by atoms with Crippen molar-refractivity contribution in [2.24, 2.45) is 0 Å². The lowest BCUT2D eigenvalue weighted by Gasteiger charge is -2.13. The maximum Gasteiger partial charge on any atom is 0.234 e. The van der Waals surface area contributed by atoms with Gasteiger partial charge in [0.05, 0.1) is 5.75 Å². The molecule has 0 spiro atoms. The number of nitrogens with zero attached hydrogens (tertiary/aromatic N) is 3. The first-order valence-electron chi connectivity index (χ1n) is 10.1. The average Bonchev–Trinajstić information content (AvgIpc) is 3.32. The minimum Gasteiger partial charge on any atom is -0.325 e. The van der Waals surface area contributed by atoms with Crippen LogP contribution in [0.25, 0.3) is 11.4 Å². The number of carbonyl (C=O) groups is 1. The van der Waals surface area contributed by atoms with Crippen molar-refractivity contribution in [2.75, 3.05) is 11.1 Å². The first-order valence-corrected chi connectivity index (χ1v) is 12.0. The van der Waals surface area contributed by atoms with Crippen molar-refractivity contribution in [3.8, 4) is 11.4 Å². The van der Waals surface area contributed by atoms with E-state index in [2.05, 4.69) is 32.4 Å². The Bertz CT molecular complexity index is 1020. The molecule has 0 aliphatic heterocycles. The molecule has 0 saturated heterocycles. The van der Waals surface area contributed by atoms with E-state index in [9.17, 15) is 4.79 Å². The molecule has 0 bridgehead atoms. The molecule has 152 valence electrons. The molecular weight excluding hydrogens is 400 g/mol. The fraction of sp³-hybridized carbons (Fsp3) is 0.409. The molecule has 0 saturated carbocycles. The van der Waals surface area contributed by atoms with Crippen LogP contribution in [0.1, 0.15) is 41.3 Å². The summed E-state index contributed by atoms with van der Waals surface area (Å²) in [7, 11) is 0. The summed E-state index contributed by atoms with van der Waals surface area (Å²) in [6.07, 6.45) is 4.84. The number of hydrogen-bond acceptors (Lipinski definition) is 5. The summed E-state index contributed by atoms with van der Waals surface area (Å²) < 4.78 is 2.13. The van der Waals surface area contributed by atoms with Gasteiger partial charge in [-0.05, 0) is 63.1 Å². The number of aryl methyl sites for hydroxylation is 3. The number of hydrogen-bond donors (Lipinski definition) is 1. The number of rotatable bonds is 6. The standard InChI is InChI=1S/C22H26N4OS2/c1-4-26-21(17-12-28-18-11-6-5-10-16(17)18)24-25-22(26)29-13-19(27)23-20-14(2)8-7-9-15(20)3/h7-9,12H,4-6,10-11,13H2,1-3H3,(H,23,27). The molecule has 3 aromatic rings. The fourth-order valence-electron chi connectivity index (χ4n) is 3.88. The van der Waals surface area contributed by atoms with E-state index in [1.165, 1.54) is 47.0 Å². The summed E-state index contributed by atoms with van der Waals surface area (Å²) in [6.45, 7) is 6.91. The van der Waals surface area contributed by atoms with Crippen molar-refractivity contribution < 1.29 is 4.79 Å². The highest BCUT2D eigenvalue weighted by Gasteiger charge is 2.22. The highest BCUT2D eigenvalue weighted by Crippen LogP contribution is 2.36. The molecule has 1 aliphatic carbocycles. The lowest BCUT2D eigenvalue weighted by molar-refractivity contribution is -0.113. The summed E-state index contributed by atoms with van der Waals surface area (Å²) in [6, 6.07) is 6.03. The lowest BCUT2D eigenvalue weighted by atomic mass is 9.96. The van der Waals surface area contributed by atoms with Gasteiger partial charge in [0.2, 0.25) is 5.91 Å². The minimum atomic E-state index is -0.0208. The molecule has 2 aromatic heterocycles. The summed E-state index contributed by atoms with van der Waals surface area (Å²) >= 11 is 3.29. The van der Waals surface area contributed by atoms with Crippen molar-refractivity contribution in [1.82, 2.24) is 14.8 Å². The van der Waals surface area contributed by atoms with Crippen LogP contribution in [-0.4, -0.2) is 26.4 Å². The average molecular weight is 427 g/mol. The van der Waals surface area contributed by atoms with Crippen LogP contribution in [0.2, 0.25) is 0 Å². The Hall–Kier alpha value is -2.12. The highest BCUT2D eigenvalue weighted by atomic mass is 32.2. The Morgan fingerprint density at radius 2 is 1.97 bits per heavy atom. The topological polar surface area (TPSA) is 59.8 Å². The molecule has 2 heterocycles. The lowest BCUT2D eigenvalue weighted by Crippen LogP contribution is -2.16. The van der Waals surface area contributed by atoms with Crippen LogP contribution in [0.5, 0.6) is 0 Å². The van der Waals surface area contributed by atoms with Crippen molar-refractivity contribution >= 4 is 34.7 Å². The number of fused-ring (bicyclic) bond motifs is 1. The van der Waals surface area contributed by atoms with E-state index in [1.54, 1.807) is 0 Å². The zero-order chi connectivity index (χ0) is 20.4. The molecule has 0 unspecified atom stereocenters. The number of carbonyl (C=O) groups excluding carboxylic acids is 1. The van der Waals surface area contributed by atoms with Crippen LogP contribution in [0.15, 0.2) is 28.7 Å². The summed E-state index contributed by atoms with van der Waals surface area (Å²) in [4.78, 5) is 14.0. The Balaban J connectivity index is 1.49. The van der Waals surface area contributed by atoms with Gasteiger partial charge in [-0.3, -0.25) is 4.79 Å². The van der Waals surface area contributed by atoms with E-state index in [1.807, 2.05) is 43.4 Å². The monoisotopic (exact) mass is 426 g/mol. The van der Waals surface area contributed by atoms with Gasteiger partial charge in [0, 0.05) is 28.1 Å². The number of amides is 1. The maximum atomic E-state index is 12.5. The first kappa shape index (κ1) is 20.2. The van der Waals surface area contributed by atoms with E-state index in [4.69, 9.17) is 0 Å². The maximum absolute atomic E-state index is 12.5. The third-order valence-electron chi connectivity index (χ3n) is 5.41. The summed E-state index contributed by atoms with van der Waals surface area (Å²) in [5, 5.41) is 15.0. The minimum absolute atomic E-state index is 0.0208. The van der Waals surface area contributed by atoms with Gasteiger partial charge in [0.15, 0.2) is 11.0 Å². The predicted molar refractivity (Wildman–Crippen MR) is 121 cm³/mol. The van der Waals surface area contributed by atoms with E-state index in [0.29, 0.717) is 5.75 Å². The van der Waals surface area contributed by atoms with Crippen LogP contribution in [0.3, 0.4) is 0 Å². The molecule has 1 aliphatic rings. The van der Waals surface area contributed by atoms with Gasteiger partial charge in [-0.2, -0.15) is 0 Å². The second kappa shape index (κ2) is 8.71. The second-order valence-electron chi connectivity index (χ2n) is 7.41. The molecule has 0 radical (unpaired) electrons. The molecule has 29 heavy (non-hydrogen) atoms. The number of para-hydroxylation sites is 1. The van der Waals surface area contributed by atoms with Gasteiger partial charge >= 0.3 is 0 Å². The van der Waals surface area contributed by atoms with Gasteiger partial charge in [-0.1, -0.05) is 30.0 Å². The molecular formula is C22H26N4OS2. The highest BCUT2D eigenvalue weighted by molar-refractivity contribution is 7.99. The normalized spacial score (nSPS) is 13.3. The summed E-state index contributed by atoms with van der Waals surface area (Å²) in [5.41, 5.74) is 5.73. The molecule has 7 heteroatoms. The first-order chi connectivity index (χ1) is 14.1. The van der Waals surface area contributed by atoms with E-state index >= 15 is 0 Å². The van der Waals surface area contributed by atoms with Crippen LogP contribution < -0.4 is 5.32 Å². The molecule has 1 N–H and O–H groups in total. The number of nitrogens with one attached hydrogen (secondary N) is 1. The van der Waals surface area contributed by atoms with Crippen LogP contribution in [0, 0.1) is 13.8 Å². The third kappa shape index (κ3) is 4.12. The predicted octanol–water partition coefficient (Wildman–Crippen LogP) is 5.25. The number of thiophene rings is 1. The number of anilines is 1. The van der Waals surface area contributed by atoms with Gasteiger partial charge in [-0.15, -0.1) is 21.5 Å². The third-order valence-corrected chi connectivity index (χ3v) is 7.47. The SMILES string of the molecule is CCn1c(SCC(=O)Nc2c(C)cccc2C)nnc1-c1csc2c1CCCC2. The second-order valence-corrected chi connectivity index (χ2v) is 9.32. The Morgan fingerprint density at radius 1 is 1.21 bits per heavy atom. The van der Waals surface area contributed by atoms with Gasteiger partial charge in [-0.25, -0.2) is 0 Å². The molecule has 0 atom stereocenters. The fourth-order valence-corrected chi connectivity index (χ4v) is 5.80. The smallest absolute Gasteiger partial charge is 0.234 e. The molecule has 5 nitrogen and oxygen atoms in total. The number of thioether (sulfide) groups is 1. The van der Waals surface area contributed by atoms with E-state index < -0.39 is 0 Å². The Kier molecular flexibility index (Phi) is 6.06. The number of aromatic nitrogens is 3. The largest absolute Gasteiger partial charge is 0.325 e. The van der Waals surface area contributed by atoms with E-state index in [0.717, 1.165) is 40.8 Å². The van der Waals surface area contributed by atoms with Crippen molar-refractivity contribution in [1.29, 1.82) is 0 Å². The molecule has 1 amide bonds.